The van der Waals surface area contributed by atoms with Gasteiger partial charge in [-0.05, 0) is 31.6 Å². The predicted octanol–water partition coefficient (Wildman–Crippen LogP) is 2.90. The largest absolute Gasteiger partial charge is 0.427 e. The zero-order valence-corrected chi connectivity index (χ0v) is 12.8. The minimum atomic E-state index is -4.35. The maximum absolute atomic E-state index is 12.6. The van der Waals surface area contributed by atoms with Gasteiger partial charge in [-0.1, -0.05) is 11.3 Å². The van der Waals surface area contributed by atoms with E-state index in [1.807, 2.05) is 0 Å². The second-order valence-corrected chi connectivity index (χ2v) is 6.99. The van der Waals surface area contributed by atoms with Crippen molar-refractivity contribution in [2.45, 2.75) is 31.9 Å². The molecule has 1 N–H and O–H groups in total. The molecule has 0 aromatic carbocycles. The Kier molecular flexibility index (Phi) is 4.29. The summed E-state index contributed by atoms with van der Waals surface area (Å²) in [6.07, 6.45) is 0.448. The Bertz CT molecular complexity index is 542. The van der Waals surface area contributed by atoms with Gasteiger partial charge in [-0.25, -0.2) is 4.98 Å². The fourth-order valence-electron chi connectivity index (χ4n) is 2.62. The number of rotatable bonds is 4. The molecule has 4 nitrogen and oxygen atoms in total. The van der Waals surface area contributed by atoms with Gasteiger partial charge in [0.25, 0.3) is 0 Å². The van der Waals surface area contributed by atoms with E-state index < -0.39 is 11.1 Å². The van der Waals surface area contributed by atoms with Crippen LogP contribution in [0.5, 0.6) is 0 Å². The number of nitrogens with zero attached hydrogens (tertiary/aromatic N) is 2. The quantitative estimate of drug-likeness (QED) is 0.921. The summed E-state index contributed by atoms with van der Waals surface area (Å²) in [5.74, 6) is 0.479. The number of piperidine rings is 1. The number of anilines is 1. The maximum Gasteiger partial charge on any atom is 0.427 e. The van der Waals surface area contributed by atoms with E-state index in [4.69, 9.17) is 0 Å². The first-order chi connectivity index (χ1) is 10.4. The first kappa shape index (κ1) is 15.6. The topological polar surface area (TPSA) is 45.2 Å². The van der Waals surface area contributed by atoms with Crippen LogP contribution < -0.4 is 10.2 Å². The van der Waals surface area contributed by atoms with Crippen molar-refractivity contribution in [1.82, 2.24) is 10.3 Å². The Morgan fingerprint density at radius 3 is 2.82 bits per heavy atom. The molecule has 1 atom stereocenters. The molecule has 1 aliphatic carbocycles. The molecule has 3 rings (SSSR count). The van der Waals surface area contributed by atoms with Gasteiger partial charge in [0, 0.05) is 19.6 Å². The van der Waals surface area contributed by atoms with Crippen molar-refractivity contribution in [1.29, 1.82) is 0 Å². The Balaban J connectivity index is 1.59. The van der Waals surface area contributed by atoms with Crippen molar-refractivity contribution in [2.75, 3.05) is 24.5 Å². The van der Waals surface area contributed by atoms with Crippen LogP contribution >= 0.6 is 11.3 Å². The summed E-state index contributed by atoms with van der Waals surface area (Å²) >= 11 is 0.646. The molecule has 22 heavy (non-hydrogen) atoms. The number of alkyl halides is 3. The molecule has 1 unspecified atom stereocenters. The van der Waals surface area contributed by atoms with Crippen LogP contribution in [0.1, 0.15) is 30.6 Å². The van der Waals surface area contributed by atoms with Gasteiger partial charge >= 0.3 is 6.18 Å². The molecule has 1 aliphatic heterocycles. The van der Waals surface area contributed by atoms with E-state index >= 15 is 0 Å². The van der Waals surface area contributed by atoms with Crippen molar-refractivity contribution in [3.63, 3.8) is 0 Å². The van der Waals surface area contributed by atoms with Gasteiger partial charge in [0.15, 0.2) is 5.13 Å². The predicted molar refractivity (Wildman–Crippen MR) is 77.8 cm³/mol. The van der Waals surface area contributed by atoms with Gasteiger partial charge in [-0.2, -0.15) is 13.2 Å². The summed E-state index contributed by atoms with van der Waals surface area (Å²) in [6, 6.07) is 0. The van der Waals surface area contributed by atoms with Crippen LogP contribution in [-0.4, -0.2) is 30.5 Å². The molecule has 8 heteroatoms. The third-order valence-corrected chi connectivity index (χ3v) is 5.20. The van der Waals surface area contributed by atoms with Gasteiger partial charge in [-0.15, -0.1) is 0 Å². The fraction of sp³-hybridized carbons (Fsp3) is 0.714. The van der Waals surface area contributed by atoms with Gasteiger partial charge in [0.1, 0.15) is 4.88 Å². The number of carbonyl (C=O) groups excluding carboxylic acids is 1. The summed E-state index contributed by atoms with van der Waals surface area (Å²) in [7, 11) is 0. The molecule has 0 radical (unpaired) electrons. The highest BCUT2D eigenvalue weighted by Crippen LogP contribution is 2.37. The fourth-order valence-corrected chi connectivity index (χ4v) is 3.44. The second kappa shape index (κ2) is 6.06. The molecule has 0 bridgehead atoms. The molecule has 1 aromatic rings. The van der Waals surface area contributed by atoms with Gasteiger partial charge in [-0.3, -0.25) is 4.79 Å². The highest BCUT2D eigenvalue weighted by molar-refractivity contribution is 7.15. The number of nitrogens with one attached hydrogen (secondary N) is 1. The Morgan fingerprint density at radius 1 is 1.41 bits per heavy atom. The number of aromatic nitrogens is 1. The van der Waals surface area contributed by atoms with Crippen LogP contribution in [0.3, 0.4) is 0 Å². The summed E-state index contributed by atoms with van der Waals surface area (Å²) in [5, 5.41) is 3.31. The van der Waals surface area contributed by atoms with Crippen molar-refractivity contribution >= 4 is 22.4 Å². The highest BCUT2D eigenvalue weighted by atomic mass is 32.1. The molecule has 2 heterocycles. The average Bonchev–Trinajstić information content (AvgIpc) is 3.17. The monoisotopic (exact) mass is 333 g/mol. The Hall–Kier alpha value is -1.31. The van der Waals surface area contributed by atoms with E-state index in [2.05, 4.69) is 10.3 Å². The van der Waals surface area contributed by atoms with Crippen LogP contribution in [0.15, 0.2) is 6.20 Å². The van der Waals surface area contributed by atoms with Crippen LogP contribution in [0.2, 0.25) is 0 Å². The lowest BCUT2D eigenvalue weighted by atomic mass is 9.97. The zero-order valence-electron chi connectivity index (χ0n) is 12.0. The molecule has 1 saturated heterocycles. The standard InChI is InChI=1S/C14H18F3N3OS/c15-14(16,17)11-7-19-13(22-11)20-5-1-2-10(8-20)12(21)18-6-9-3-4-9/h7,9-10H,1-6,8H2,(H,18,21). The van der Waals surface area contributed by atoms with E-state index in [1.54, 1.807) is 4.90 Å². The molecular weight excluding hydrogens is 315 g/mol. The van der Waals surface area contributed by atoms with Crippen LogP contribution in [0, 0.1) is 11.8 Å². The van der Waals surface area contributed by atoms with E-state index in [0.717, 1.165) is 25.6 Å². The van der Waals surface area contributed by atoms with Crippen molar-refractivity contribution in [3.05, 3.63) is 11.1 Å². The van der Waals surface area contributed by atoms with Crippen molar-refractivity contribution in [3.8, 4) is 0 Å². The molecule has 1 aromatic heterocycles. The Morgan fingerprint density at radius 2 is 2.18 bits per heavy atom. The number of carbonyl (C=O) groups is 1. The number of amides is 1. The van der Waals surface area contributed by atoms with Gasteiger partial charge in [0.2, 0.25) is 5.91 Å². The van der Waals surface area contributed by atoms with E-state index in [9.17, 15) is 18.0 Å². The molecule has 0 spiro atoms. The number of hydrogen-bond donors (Lipinski definition) is 1. The van der Waals surface area contributed by atoms with Crippen molar-refractivity contribution < 1.29 is 18.0 Å². The Labute approximate surface area is 130 Å². The minimum Gasteiger partial charge on any atom is -0.356 e. The smallest absolute Gasteiger partial charge is 0.356 e. The van der Waals surface area contributed by atoms with Crippen LogP contribution in [-0.2, 0) is 11.0 Å². The number of hydrogen-bond acceptors (Lipinski definition) is 4. The molecule has 2 aliphatic rings. The van der Waals surface area contributed by atoms with Crippen molar-refractivity contribution in [2.24, 2.45) is 11.8 Å². The average molecular weight is 333 g/mol. The lowest BCUT2D eigenvalue weighted by molar-refractivity contribution is -0.134. The first-order valence-electron chi connectivity index (χ1n) is 7.49. The zero-order chi connectivity index (χ0) is 15.7. The molecule has 1 saturated carbocycles. The molecule has 1 amide bonds. The molecule has 122 valence electrons. The van der Waals surface area contributed by atoms with Crippen LogP contribution in [0.4, 0.5) is 18.3 Å². The summed E-state index contributed by atoms with van der Waals surface area (Å²) < 4.78 is 37.9. The minimum absolute atomic E-state index is 0.0178. The molecule has 2 fully saturated rings. The van der Waals surface area contributed by atoms with E-state index in [-0.39, 0.29) is 11.8 Å². The normalized spacial score (nSPS) is 22.7. The third kappa shape index (κ3) is 3.71. The summed E-state index contributed by atoms with van der Waals surface area (Å²) in [4.78, 5) is 17.1. The van der Waals surface area contributed by atoms with Gasteiger partial charge < -0.3 is 10.2 Å². The van der Waals surface area contributed by atoms with E-state index in [0.29, 0.717) is 35.5 Å². The SMILES string of the molecule is O=C(NCC1CC1)C1CCCN(c2ncc(C(F)(F)F)s2)C1. The molecular formula is C14H18F3N3OS. The highest BCUT2D eigenvalue weighted by Gasteiger charge is 2.35. The second-order valence-electron chi connectivity index (χ2n) is 5.98. The summed E-state index contributed by atoms with van der Waals surface area (Å²) in [6.45, 7) is 1.82. The number of halogens is 3. The third-order valence-electron chi connectivity index (χ3n) is 4.10. The first-order valence-corrected chi connectivity index (χ1v) is 8.31. The summed E-state index contributed by atoms with van der Waals surface area (Å²) in [5.41, 5.74) is 0. The van der Waals surface area contributed by atoms with E-state index in [1.165, 1.54) is 12.8 Å². The van der Waals surface area contributed by atoms with Crippen LogP contribution in [0.25, 0.3) is 0 Å². The lowest BCUT2D eigenvalue weighted by Gasteiger charge is -2.31. The lowest BCUT2D eigenvalue weighted by Crippen LogP contribution is -2.43. The maximum atomic E-state index is 12.6. The van der Waals surface area contributed by atoms with Gasteiger partial charge in [0.05, 0.1) is 12.1 Å². The number of thiazole rings is 1.